The number of primary amides is 1. The van der Waals surface area contributed by atoms with Gasteiger partial charge in [0.1, 0.15) is 23.3 Å². The first-order chi connectivity index (χ1) is 21.9. The maximum Gasteiger partial charge on any atom is 0.408 e. The summed E-state index contributed by atoms with van der Waals surface area (Å²) in [7, 11) is 0. The van der Waals surface area contributed by atoms with Crippen molar-refractivity contribution in [2.24, 2.45) is 17.1 Å². The van der Waals surface area contributed by atoms with Crippen LogP contribution in [0.2, 0.25) is 0 Å². The average molecular weight is 660 g/mol. The van der Waals surface area contributed by atoms with Crippen LogP contribution in [0.5, 0.6) is 0 Å². The number of aliphatic hydroxyl groups is 2. The van der Waals surface area contributed by atoms with Crippen LogP contribution in [-0.4, -0.2) is 89.8 Å². The van der Waals surface area contributed by atoms with Crippen molar-refractivity contribution in [1.29, 1.82) is 0 Å². The lowest BCUT2D eigenvalue weighted by Crippen LogP contribution is -2.73. The van der Waals surface area contributed by atoms with E-state index in [0.29, 0.717) is 25.0 Å². The molecule has 1 aromatic heterocycles. The minimum Gasteiger partial charge on any atom is -0.444 e. The molecule has 14 nitrogen and oxygen atoms in total. The SMILES string of the molecule is CC(C)(C)OC(=O)N[C@H](CC1CCCCC1)C(=O)N1C[C@@H](n2nncc2C(C)(C)O)C[C@H]1C(=O)NC1(C(O)C(N)=O)CC2(CCC2)C1. The third kappa shape index (κ3) is 7.58. The number of nitrogens with one attached hydrogen (secondary N) is 2. The molecule has 4 amide bonds. The number of rotatable bonds is 10. The van der Waals surface area contributed by atoms with Gasteiger partial charge in [-0.05, 0) is 78.1 Å². The van der Waals surface area contributed by atoms with Gasteiger partial charge in [-0.2, -0.15) is 0 Å². The average Bonchev–Trinajstić information content (AvgIpc) is 3.60. The third-order valence-corrected chi connectivity index (χ3v) is 10.7. The zero-order valence-electron chi connectivity index (χ0n) is 28.5. The van der Waals surface area contributed by atoms with Crippen LogP contribution in [0, 0.1) is 11.3 Å². The monoisotopic (exact) mass is 659 g/mol. The van der Waals surface area contributed by atoms with Crippen molar-refractivity contribution in [1.82, 2.24) is 30.5 Å². The van der Waals surface area contributed by atoms with Crippen LogP contribution in [0.3, 0.4) is 0 Å². The maximum atomic E-state index is 14.5. The van der Waals surface area contributed by atoms with Crippen molar-refractivity contribution in [2.45, 2.75) is 153 Å². The van der Waals surface area contributed by atoms with Crippen molar-refractivity contribution in [3.63, 3.8) is 0 Å². The Balaban J connectivity index is 1.45. The Morgan fingerprint density at radius 3 is 2.30 bits per heavy atom. The lowest BCUT2D eigenvalue weighted by molar-refractivity contribution is -0.158. The van der Waals surface area contributed by atoms with E-state index in [1.54, 1.807) is 39.3 Å². The van der Waals surface area contributed by atoms with Crippen LogP contribution in [0.4, 0.5) is 4.79 Å². The highest BCUT2D eigenvalue weighted by molar-refractivity contribution is 5.93. The molecule has 5 rings (SSSR count). The number of amides is 4. The van der Waals surface area contributed by atoms with E-state index in [1.807, 2.05) is 0 Å². The van der Waals surface area contributed by atoms with Gasteiger partial charge in [0.15, 0.2) is 6.10 Å². The largest absolute Gasteiger partial charge is 0.444 e. The van der Waals surface area contributed by atoms with Gasteiger partial charge in [0, 0.05) is 13.0 Å². The Bertz CT molecular complexity index is 1330. The normalized spacial score (nSPS) is 25.3. The van der Waals surface area contributed by atoms with Crippen LogP contribution in [0.15, 0.2) is 6.20 Å². The summed E-state index contributed by atoms with van der Waals surface area (Å²) in [6.45, 7) is 8.53. The van der Waals surface area contributed by atoms with Crippen LogP contribution in [-0.2, 0) is 24.7 Å². The maximum absolute atomic E-state index is 14.5. The standard InChI is InChI=1S/C33H53N7O7/c1-30(2,3)47-29(45)36-22(14-20-10-7-6-8-11-20)28(44)39-17-21(40-24(16-35-38-40)31(4,5)46)15-23(39)27(43)37-33(25(41)26(34)42)18-32(19-33)12-9-13-32/h16,20-23,25,41,46H,6-15,17-19H2,1-5H3,(H2,34,42)(H,36,45)(H,37,43)/t21-,22+,23-,25?/m0/s1. The molecule has 1 spiro atoms. The molecule has 262 valence electrons. The van der Waals surface area contributed by atoms with Gasteiger partial charge in [-0.1, -0.05) is 43.7 Å². The number of ether oxygens (including phenoxy) is 1. The predicted octanol–water partition coefficient (Wildman–Crippen LogP) is 2.18. The van der Waals surface area contributed by atoms with Gasteiger partial charge in [0.2, 0.25) is 17.7 Å². The molecule has 1 aliphatic heterocycles. The second-order valence-electron chi connectivity index (χ2n) is 16.1. The topological polar surface area (TPSA) is 202 Å². The van der Waals surface area contributed by atoms with Gasteiger partial charge < -0.3 is 36.2 Å². The fourth-order valence-electron chi connectivity index (χ4n) is 8.33. The molecule has 4 aliphatic rings. The van der Waals surface area contributed by atoms with E-state index in [9.17, 15) is 29.4 Å². The Morgan fingerprint density at radius 1 is 1.09 bits per heavy atom. The van der Waals surface area contributed by atoms with Gasteiger partial charge >= 0.3 is 6.09 Å². The zero-order valence-corrected chi connectivity index (χ0v) is 28.5. The molecular formula is C33H53N7O7. The smallest absolute Gasteiger partial charge is 0.408 e. The molecule has 0 radical (unpaired) electrons. The molecule has 47 heavy (non-hydrogen) atoms. The lowest BCUT2D eigenvalue weighted by atomic mass is 9.47. The predicted molar refractivity (Wildman–Crippen MR) is 170 cm³/mol. The summed E-state index contributed by atoms with van der Waals surface area (Å²) >= 11 is 0. The highest BCUT2D eigenvalue weighted by atomic mass is 16.6. The highest BCUT2D eigenvalue weighted by Gasteiger charge is 2.62. The van der Waals surface area contributed by atoms with Crippen LogP contribution >= 0.6 is 0 Å². The number of nitrogens with two attached hydrogens (primary N) is 1. The number of nitrogens with zero attached hydrogens (tertiary/aromatic N) is 4. The fraction of sp³-hybridized carbons (Fsp3) is 0.818. The number of aliphatic hydroxyl groups excluding tert-OH is 1. The molecule has 6 N–H and O–H groups in total. The molecular weight excluding hydrogens is 606 g/mol. The van der Waals surface area contributed by atoms with Gasteiger partial charge in [0.25, 0.3) is 0 Å². The van der Waals surface area contributed by atoms with Crippen molar-refractivity contribution >= 4 is 23.8 Å². The summed E-state index contributed by atoms with van der Waals surface area (Å²) < 4.78 is 7.08. The molecule has 1 unspecified atom stereocenters. The van der Waals surface area contributed by atoms with Crippen LogP contribution in [0.1, 0.15) is 123 Å². The summed E-state index contributed by atoms with van der Waals surface area (Å²) in [6, 6.07) is -2.49. The molecule has 3 saturated carbocycles. The van der Waals surface area contributed by atoms with E-state index in [4.69, 9.17) is 10.5 Å². The molecule has 0 aromatic carbocycles. The molecule has 0 bridgehead atoms. The summed E-state index contributed by atoms with van der Waals surface area (Å²) in [5, 5.41) is 35.8. The van der Waals surface area contributed by atoms with Crippen molar-refractivity contribution in [3.05, 3.63) is 11.9 Å². The minimum absolute atomic E-state index is 0.0256. The first-order valence-electron chi connectivity index (χ1n) is 17.1. The van der Waals surface area contributed by atoms with E-state index in [1.165, 1.54) is 11.1 Å². The second-order valence-corrected chi connectivity index (χ2v) is 16.1. The van der Waals surface area contributed by atoms with E-state index in [0.717, 1.165) is 51.4 Å². The van der Waals surface area contributed by atoms with Gasteiger partial charge in [-0.15, -0.1) is 5.10 Å². The highest BCUT2D eigenvalue weighted by Crippen LogP contribution is 2.61. The number of alkyl carbamates (subject to hydrolysis) is 1. The van der Waals surface area contributed by atoms with E-state index < -0.39 is 64.8 Å². The van der Waals surface area contributed by atoms with Crippen molar-refractivity contribution in [3.8, 4) is 0 Å². The molecule has 3 aliphatic carbocycles. The quantitative estimate of drug-likeness (QED) is 0.250. The molecule has 1 aromatic rings. The first kappa shape index (κ1) is 35.1. The van der Waals surface area contributed by atoms with Crippen LogP contribution < -0.4 is 16.4 Å². The molecule has 14 heteroatoms. The Kier molecular flexibility index (Phi) is 9.68. The van der Waals surface area contributed by atoms with Crippen LogP contribution in [0.25, 0.3) is 0 Å². The van der Waals surface area contributed by atoms with Gasteiger partial charge in [-0.25, -0.2) is 9.48 Å². The number of likely N-dealkylation sites (tertiary alicyclic amines) is 1. The minimum atomic E-state index is -1.58. The third-order valence-electron chi connectivity index (χ3n) is 10.7. The van der Waals surface area contributed by atoms with E-state index in [2.05, 4.69) is 20.9 Å². The Labute approximate surface area is 276 Å². The van der Waals surface area contributed by atoms with Gasteiger partial charge in [0.05, 0.1) is 23.5 Å². The zero-order chi connectivity index (χ0) is 34.4. The summed E-state index contributed by atoms with van der Waals surface area (Å²) in [5.41, 5.74) is 2.65. The molecule has 4 fully saturated rings. The van der Waals surface area contributed by atoms with Crippen molar-refractivity contribution in [2.75, 3.05) is 6.54 Å². The van der Waals surface area contributed by atoms with E-state index >= 15 is 0 Å². The number of carbonyl (C=O) groups is 4. The molecule has 1 saturated heterocycles. The number of aromatic nitrogens is 3. The lowest BCUT2D eigenvalue weighted by Gasteiger charge is -2.62. The number of hydrogen-bond donors (Lipinski definition) is 5. The first-order valence-corrected chi connectivity index (χ1v) is 17.1. The summed E-state index contributed by atoms with van der Waals surface area (Å²) in [5.74, 6) is -1.64. The molecule has 4 atom stereocenters. The summed E-state index contributed by atoms with van der Waals surface area (Å²) in [6.07, 6.45) is 8.63. The summed E-state index contributed by atoms with van der Waals surface area (Å²) in [4.78, 5) is 55.5. The number of hydrogen-bond acceptors (Lipinski definition) is 9. The number of carbonyl (C=O) groups excluding carboxylic acids is 4. The second kappa shape index (κ2) is 13.0. The Morgan fingerprint density at radius 2 is 1.74 bits per heavy atom. The van der Waals surface area contributed by atoms with E-state index in [-0.39, 0.29) is 24.3 Å². The Hall–Kier alpha value is -3.26. The van der Waals surface area contributed by atoms with Crippen molar-refractivity contribution < 1.29 is 34.1 Å². The fourth-order valence-corrected chi connectivity index (χ4v) is 8.33. The molecule has 2 heterocycles. The van der Waals surface area contributed by atoms with Gasteiger partial charge in [-0.3, -0.25) is 14.4 Å².